The number of thioether (sulfide) groups is 1. The van der Waals surface area contributed by atoms with Gasteiger partial charge in [0.05, 0.1) is 38.2 Å². The van der Waals surface area contributed by atoms with Gasteiger partial charge in [0, 0.05) is 12.2 Å². The zero-order chi connectivity index (χ0) is 24.1. The van der Waals surface area contributed by atoms with E-state index in [1.54, 1.807) is 26.8 Å². The number of ether oxygens (including phenoxy) is 2. The van der Waals surface area contributed by atoms with E-state index in [2.05, 4.69) is 33.7 Å². The van der Waals surface area contributed by atoms with Crippen molar-refractivity contribution in [3.05, 3.63) is 65.5 Å². The molecule has 0 unspecified atom stereocenters. The van der Waals surface area contributed by atoms with Crippen LogP contribution in [0.1, 0.15) is 22.6 Å². The molecule has 0 saturated carbocycles. The van der Waals surface area contributed by atoms with Gasteiger partial charge in [-0.15, -0.1) is 0 Å². The summed E-state index contributed by atoms with van der Waals surface area (Å²) in [5.41, 5.74) is 4.12. The van der Waals surface area contributed by atoms with Crippen LogP contribution in [0.4, 0.5) is 0 Å². The minimum absolute atomic E-state index is 0.0402. The highest BCUT2D eigenvalue weighted by atomic mass is 32.2. The largest absolute Gasteiger partial charge is 0.493 e. The number of hydrogen-bond donors (Lipinski definition) is 1. The van der Waals surface area contributed by atoms with Crippen molar-refractivity contribution in [1.82, 2.24) is 19.9 Å². The number of aromatic nitrogens is 3. The van der Waals surface area contributed by atoms with E-state index in [4.69, 9.17) is 13.9 Å². The van der Waals surface area contributed by atoms with E-state index in [1.165, 1.54) is 11.8 Å². The van der Waals surface area contributed by atoms with Crippen molar-refractivity contribution >= 4 is 28.7 Å². The van der Waals surface area contributed by atoms with E-state index >= 15 is 0 Å². The monoisotopic (exact) mass is 480 g/mol. The smallest absolute Gasteiger partial charge is 0.230 e. The van der Waals surface area contributed by atoms with Crippen LogP contribution in [0.25, 0.3) is 11.0 Å². The maximum atomic E-state index is 12.5. The number of methoxy groups -OCH3 is 2. The van der Waals surface area contributed by atoms with Gasteiger partial charge in [-0.1, -0.05) is 17.8 Å². The Morgan fingerprint density at radius 3 is 2.71 bits per heavy atom. The first-order chi connectivity index (χ1) is 16.5. The first-order valence-electron chi connectivity index (χ1n) is 10.9. The molecular weight excluding hydrogens is 452 g/mol. The second-order valence-electron chi connectivity index (χ2n) is 7.83. The number of carbonyl (C=O) groups excluding carboxylic acids is 1. The molecule has 1 aromatic carbocycles. The van der Waals surface area contributed by atoms with E-state index in [1.807, 2.05) is 30.3 Å². The number of nitrogens with zero attached hydrogens (tertiary/aromatic N) is 3. The first kappa shape index (κ1) is 23.7. The fourth-order valence-electron chi connectivity index (χ4n) is 3.86. The third-order valence-electron chi connectivity index (χ3n) is 5.79. The second-order valence-corrected chi connectivity index (χ2v) is 8.80. The predicted molar refractivity (Wildman–Crippen MR) is 132 cm³/mol. The zero-order valence-corrected chi connectivity index (χ0v) is 20.6. The van der Waals surface area contributed by atoms with Gasteiger partial charge in [-0.25, -0.2) is 9.97 Å². The van der Waals surface area contributed by atoms with E-state index in [0.29, 0.717) is 31.0 Å². The van der Waals surface area contributed by atoms with Crippen LogP contribution in [0.15, 0.2) is 52.4 Å². The molecule has 4 rings (SSSR count). The molecule has 1 amide bonds. The second kappa shape index (κ2) is 10.6. The molecule has 0 spiro atoms. The van der Waals surface area contributed by atoms with Crippen LogP contribution in [-0.4, -0.2) is 47.0 Å². The Morgan fingerprint density at radius 2 is 1.97 bits per heavy atom. The molecule has 0 aliphatic carbocycles. The Hall–Kier alpha value is -3.46. The zero-order valence-electron chi connectivity index (χ0n) is 19.8. The number of hydrogen-bond acceptors (Lipinski definition) is 7. The molecule has 178 valence electrons. The fraction of sp³-hybridized carbons (Fsp3) is 0.320. The maximum absolute atomic E-state index is 12.5. The van der Waals surface area contributed by atoms with Gasteiger partial charge in [0.25, 0.3) is 0 Å². The van der Waals surface area contributed by atoms with Crippen LogP contribution < -0.4 is 14.8 Å². The molecule has 9 heteroatoms. The Morgan fingerprint density at radius 1 is 1.15 bits per heavy atom. The van der Waals surface area contributed by atoms with E-state index in [-0.39, 0.29) is 11.7 Å². The lowest BCUT2D eigenvalue weighted by Gasteiger charge is -2.10. The molecule has 0 fully saturated rings. The highest BCUT2D eigenvalue weighted by molar-refractivity contribution is 8.00. The molecule has 3 aromatic heterocycles. The Bertz CT molecular complexity index is 1280. The molecule has 0 atom stereocenters. The Kier molecular flexibility index (Phi) is 7.42. The summed E-state index contributed by atoms with van der Waals surface area (Å²) in [6.45, 7) is 5.26. The van der Waals surface area contributed by atoms with Gasteiger partial charge in [-0.05, 0) is 55.7 Å². The van der Waals surface area contributed by atoms with Gasteiger partial charge in [0.1, 0.15) is 22.8 Å². The van der Waals surface area contributed by atoms with Gasteiger partial charge >= 0.3 is 0 Å². The standard InChI is InChI=1S/C25H28N4O4S/c1-16-17(2)29(13-19-6-5-11-33-19)24-23(16)25(28-15-27-24)34-14-22(30)26-10-9-18-7-8-20(31-3)21(12-18)32-4/h5-8,11-12,15H,9-10,13-14H2,1-4H3,(H,26,30). The van der Waals surface area contributed by atoms with Crippen molar-refractivity contribution in [2.45, 2.75) is 31.8 Å². The number of nitrogens with one attached hydrogen (secondary N) is 1. The summed E-state index contributed by atoms with van der Waals surface area (Å²) in [4.78, 5) is 21.5. The number of benzene rings is 1. The van der Waals surface area contributed by atoms with E-state index < -0.39 is 0 Å². The maximum Gasteiger partial charge on any atom is 0.230 e. The van der Waals surface area contributed by atoms with Crippen LogP contribution in [0.5, 0.6) is 11.5 Å². The number of furan rings is 1. The summed E-state index contributed by atoms with van der Waals surface area (Å²) in [7, 11) is 3.22. The summed E-state index contributed by atoms with van der Waals surface area (Å²) < 4.78 is 18.3. The van der Waals surface area contributed by atoms with Gasteiger partial charge < -0.3 is 23.8 Å². The van der Waals surface area contributed by atoms with Crippen molar-refractivity contribution < 1.29 is 18.7 Å². The van der Waals surface area contributed by atoms with Gasteiger partial charge in [0.15, 0.2) is 11.5 Å². The molecule has 1 N–H and O–H groups in total. The molecule has 3 heterocycles. The Balaban J connectivity index is 1.38. The van der Waals surface area contributed by atoms with Crippen molar-refractivity contribution in [3.63, 3.8) is 0 Å². The summed E-state index contributed by atoms with van der Waals surface area (Å²) in [5.74, 6) is 2.47. The molecule has 0 aliphatic rings. The van der Waals surface area contributed by atoms with Gasteiger partial charge in [-0.3, -0.25) is 4.79 Å². The molecule has 34 heavy (non-hydrogen) atoms. The normalized spacial score (nSPS) is 11.1. The number of aryl methyl sites for hydroxylation is 1. The number of fused-ring (bicyclic) bond motifs is 1. The molecule has 0 bridgehead atoms. The molecule has 0 radical (unpaired) electrons. The molecule has 4 aromatic rings. The average molecular weight is 481 g/mol. The minimum Gasteiger partial charge on any atom is -0.493 e. The SMILES string of the molecule is COc1ccc(CCNC(=O)CSc2ncnc3c2c(C)c(C)n3Cc2ccco2)cc1OC. The van der Waals surface area contributed by atoms with Crippen molar-refractivity contribution in [2.75, 3.05) is 26.5 Å². The third-order valence-corrected chi connectivity index (χ3v) is 6.78. The Labute approximate surface area is 202 Å². The van der Waals surface area contributed by atoms with Crippen LogP contribution in [0, 0.1) is 13.8 Å². The van der Waals surface area contributed by atoms with Crippen LogP contribution in [0.3, 0.4) is 0 Å². The highest BCUT2D eigenvalue weighted by Crippen LogP contribution is 2.32. The average Bonchev–Trinajstić information content (AvgIpc) is 3.45. The number of carbonyl (C=O) groups is 1. The van der Waals surface area contributed by atoms with Crippen molar-refractivity contribution in [3.8, 4) is 11.5 Å². The molecule has 8 nitrogen and oxygen atoms in total. The van der Waals surface area contributed by atoms with E-state index in [0.717, 1.165) is 38.6 Å². The van der Waals surface area contributed by atoms with Crippen molar-refractivity contribution in [1.29, 1.82) is 0 Å². The lowest BCUT2D eigenvalue weighted by molar-refractivity contribution is -0.118. The van der Waals surface area contributed by atoms with Gasteiger partial charge in [-0.2, -0.15) is 0 Å². The summed E-state index contributed by atoms with van der Waals surface area (Å²) >= 11 is 1.42. The van der Waals surface area contributed by atoms with Crippen LogP contribution in [-0.2, 0) is 17.8 Å². The van der Waals surface area contributed by atoms with Crippen LogP contribution in [0.2, 0.25) is 0 Å². The molecular formula is C25H28N4O4S. The van der Waals surface area contributed by atoms with Crippen LogP contribution >= 0.6 is 11.8 Å². The lowest BCUT2D eigenvalue weighted by Crippen LogP contribution is -2.27. The number of rotatable bonds is 10. The molecule has 0 saturated heterocycles. The van der Waals surface area contributed by atoms with Gasteiger partial charge in [0.2, 0.25) is 5.91 Å². The fourth-order valence-corrected chi connectivity index (χ4v) is 4.74. The number of amides is 1. The topological polar surface area (TPSA) is 91.4 Å². The summed E-state index contributed by atoms with van der Waals surface area (Å²) in [6, 6.07) is 9.59. The first-order valence-corrected chi connectivity index (χ1v) is 11.9. The summed E-state index contributed by atoms with van der Waals surface area (Å²) in [6.07, 6.45) is 3.92. The predicted octanol–water partition coefficient (Wildman–Crippen LogP) is 4.16. The third kappa shape index (κ3) is 5.04. The lowest BCUT2D eigenvalue weighted by atomic mass is 10.1. The van der Waals surface area contributed by atoms with Crippen molar-refractivity contribution in [2.24, 2.45) is 0 Å². The highest BCUT2D eigenvalue weighted by Gasteiger charge is 2.18. The quantitative estimate of drug-likeness (QED) is 0.269. The molecule has 0 aliphatic heterocycles. The summed E-state index contributed by atoms with van der Waals surface area (Å²) in [5, 5.41) is 4.77. The minimum atomic E-state index is -0.0402. The van der Waals surface area contributed by atoms with E-state index in [9.17, 15) is 4.79 Å².